The summed E-state index contributed by atoms with van der Waals surface area (Å²) in [7, 11) is 0. The van der Waals surface area contributed by atoms with Crippen molar-refractivity contribution in [1.82, 2.24) is 4.90 Å². The van der Waals surface area contributed by atoms with E-state index in [0.717, 1.165) is 54.9 Å². The van der Waals surface area contributed by atoms with E-state index < -0.39 is 0 Å². The van der Waals surface area contributed by atoms with Crippen molar-refractivity contribution in [3.8, 4) is 16.9 Å². The van der Waals surface area contributed by atoms with Gasteiger partial charge in [0.15, 0.2) is 0 Å². The molecule has 3 aromatic carbocycles. The van der Waals surface area contributed by atoms with Crippen LogP contribution in [0.1, 0.15) is 53.6 Å². The minimum Gasteiger partial charge on any atom is -0.423 e. The first kappa shape index (κ1) is 23.3. The number of ether oxygens (including phenoxy) is 1. The SMILES string of the molecule is Cc1ccc(NC(=O)C2CC2)cc1-c1ccc(C(=O)Oc2ccc(CN3CCCCC3)cc2)cc1. The average molecular weight is 469 g/mol. The first-order valence-electron chi connectivity index (χ1n) is 12.6. The number of anilines is 1. The van der Waals surface area contributed by atoms with Crippen molar-refractivity contribution in [3.05, 3.63) is 83.4 Å². The van der Waals surface area contributed by atoms with Crippen molar-refractivity contribution in [3.63, 3.8) is 0 Å². The van der Waals surface area contributed by atoms with Crippen LogP contribution in [0.4, 0.5) is 5.69 Å². The molecule has 1 N–H and O–H groups in total. The van der Waals surface area contributed by atoms with Crippen molar-refractivity contribution < 1.29 is 14.3 Å². The molecular weight excluding hydrogens is 436 g/mol. The maximum Gasteiger partial charge on any atom is 0.343 e. The van der Waals surface area contributed by atoms with Gasteiger partial charge >= 0.3 is 5.97 Å². The molecule has 180 valence electrons. The van der Waals surface area contributed by atoms with Gasteiger partial charge in [0.25, 0.3) is 0 Å². The topological polar surface area (TPSA) is 58.6 Å². The van der Waals surface area contributed by atoms with Gasteiger partial charge in [0, 0.05) is 18.2 Å². The standard InChI is InChI=1S/C30H32N2O3/c1-21-5-14-26(31-29(33)24-10-11-24)19-28(21)23-8-12-25(13-9-23)30(34)35-27-15-6-22(7-16-27)20-32-17-3-2-4-18-32/h5-9,12-16,19,24H,2-4,10-11,17-18,20H2,1H3,(H,31,33). The van der Waals surface area contributed by atoms with Crippen LogP contribution in [0.15, 0.2) is 66.7 Å². The Kier molecular flexibility index (Phi) is 6.96. The number of esters is 1. The smallest absolute Gasteiger partial charge is 0.343 e. The fraction of sp³-hybridized carbons (Fsp3) is 0.333. The first-order valence-corrected chi connectivity index (χ1v) is 12.6. The van der Waals surface area contributed by atoms with Crippen LogP contribution >= 0.6 is 0 Å². The lowest BCUT2D eigenvalue weighted by molar-refractivity contribution is -0.117. The van der Waals surface area contributed by atoms with Gasteiger partial charge in [-0.3, -0.25) is 9.69 Å². The quantitative estimate of drug-likeness (QED) is 0.331. The van der Waals surface area contributed by atoms with Crippen molar-refractivity contribution in [2.75, 3.05) is 18.4 Å². The highest BCUT2D eigenvalue weighted by molar-refractivity contribution is 5.95. The maximum absolute atomic E-state index is 12.7. The molecule has 0 radical (unpaired) electrons. The Morgan fingerprint density at radius 1 is 0.914 bits per heavy atom. The molecule has 1 saturated carbocycles. The third kappa shape index (κ3) is 5.98. The fourth-order valence-corrected chi connectivity index (χ4v) is 4.59. The number of piperidine rings is 1. The van der Waals surface area contributed by atoms with Gasteiger partial charge in [0.05, 0.1) is 5.56 Å². The molecular formula is C30H32N2O3. The van der Waals surface area contributed by atoms with E-state index in [2.05, 4.69) is 10.2 Å². The molecule has 1 amide bonds. The Morgan fingerprint density at radius 2 is 1.63 bits per heavy atom. The molecule has 0 unspecified atom stereocenters. The summed E-state index contributed by atoms with van der Waals surface area (Å²) in [5.41, 5.74) is 5.67. The lowest BCUT2D eigenvalue weighted by Crippen LogP contribution is -2.29. The average Bonchev–Trinajstić information content (AvgIpc) is 3.73. The Balaban J connectivity index is 1.21. The highest BCUT2D eigenvalue weighted by Crippen LogP contribution is 2.32. The highest BCUT2D eigenvalue weighted by Gasteiger charge is 2.29. The zero-order chi connectivity index (χ0) is 24.2. The van der Waals surface area contributed by atoms with Gasteiger partial charge in [-0.05, 0) is 104 Å². The predicted molar refractivity (Wildman–Crippen MR) is 138 cm³/mol. The van der Waals surface area contributed by atoms with Crippen molar-refractivity contribution in [2.24, 2.45) is 5.92 Å². The lowest BCUT2D eigenvalue weighted by atomic mass is 9.98. The lowest BCUT2D eigenvalue weighted by Gasteiger charge is -2.26. The Morgan fingerprint density at radius 3 is 2.31 bits per heavy atom. The van der Waals surface area contributed by atoms with Crippen molar-refractivity contribution in [1.29, 1.82) is 0 Å². The molecule has 1 aliphatic heterocycles. The summed E-state index contributed by atoms with van der Waals surface area (Å²) in [6, 6.07) is 21.2. The zero-order valence-electron chi connectivity index (χ0n) is 20.3. The molecule has 35 heavy (non-hydrogen) atoms. The highest BCUT2D eigenvalue weighted by atomic mass is 16.5. The van der Waals surface area contributed by atoms with E-state index in [4.69, 9.17) is 4.74 Å². The predicted octanol–water partition coefficient (Wildman–Crippen LogP) is 6.22. The van der Waals surface area contributed by atoms with Crippen LogP contribution in [0.25, 0.3) is 11.1 Å². The molecule has 2 aliphatic rings. The van der Waals surface area contributed by atoms with Crippen molar-refractivity contribution in [2.45, 2.75) is 45.6 Å². The van der Waals surface area contributed by atoms with Gasteiger partial charge in [-0.2, -0.15) is 0 Å². The number of benzene rings is 3. The van der Waals surface area contributed by atoms with E-state index in [0.29, 0.717) is 11.3 Å². The van der Waals surface area contributed by atoms with E-state index in [1.165, 1.54) is 24.8 Å². The number of carbonyl (C=O) groups is 2. The van der Waals surface area contributed by atoms with Crippen molar-refractivity contribution >= 4 is 17.6 Å². The first-order chi connectivity index (χ1) is 17.0. The molecule has 1 aliphatic carbocycles. The third-order valence-electron chi connectivity index (χ3n) is 6.87. The minimum absolute atomic E-state index is 0.0948. The number of amides is 1. The summed E-state index contributed by atoms with van der Waals surface area (Å²) in [6.45, 7) is 5.30. The normalized spacial score (nSPS) is 16.0. The molecule has 1 heterocycles. The van der Waals surface area contributed by atoms with Crippen LogP contribution < -0.4 is 10.1 Å². The molecule has 0 spiro atoms. The second-order valence-electron chi connectivity index (χ2n) is 9.74. The van der Waals surface area contributed by atoms with E-state index in [1.54, 1.807) is 12.1 Å². The van der Waals surface area contributed by atoms with Gasteiger partial charge < -0.3 is 10.1 Å². The second-order valence-corrected chi connectivity index (χ2v) is 9.74. The van der Waals surface area contributed by atoms with Gasteiger partial charge in [-0.25, -0.2) is 4.79 Å². The summed E-state index contributed by atoms with van der Waals surface area (Å²) in [4.78, 5) is 27.3. The molecule has 1 saturated heterocycles. The number of likely N-dealkylation sites (tertiary alicyclic amines) is 1. The second kappa shape index (κ2) is 10.4. The van der Waals surface area contributed by atoms with Crippen LogP contribution in [0.3, 0.4) is 0 Å². The monoisotopic (exact) mass is 468 g/mol. The van der Waals surface area contributed by atoms with Crippen LogP contribution in [0.2, 0.25) is 0 Å². The largest absolute Gasteiger partial charge is 0.423 e. The molecule has 5 nitrogen and oxygen atoms in total. The molecule has 0 aromatic heterocycles. The number of aryl methyl sites for hydroxylation is 1. The van der Waals surface area contributed by atoms with Crippen LogP contribution in [-0.4, -0.2) is 29.9 Å². The van der Waals surface area contributed by atoms with E-state index in [-0.39, 0.29) is 17.8 Å². The summed E-state index contributed by atoms with van der Waals surface area (Å²) in [5, 5.41) is 3.01. The van der Waals surface area contributed by atoms with E-state index >= 15 is 0 Å². The summed E-state index contributed by atoms with van der Waals surface area (Å²) >= 11 is 0. The molecule has 0 bridgehead atoms. The van der Waals surface area contributed by atoms with Crippen LogP contribution in [-0.2, 0) is 11.3 Å². The molecule has 5 heteroatoms. The van der Waals surface area contributed by atoms with E-state index in [9.17, 15) is 9.59 Å². The van der Waals surface area contributed by atoms with Crippen LogP contribution in [0, 0.1) is 12.8 Å². The molecule has 3 aromatic rings. The Bertz CT molecular complexity index is 1190. The van der Waals surface area contributed by atoms with Gasteiger partial charge in [0.1, 0.15) is 5.75 Å². The Hall–Kier alpha value is -3.44. The third-order valence-corrected chi connectivity index (χ3v) is 6.87. The van der Waals surface area contributed by atoms with Gasteiger partial charge in [-0.15, -0.1) is 0 Å². The number of hydrogen-bond acceptors (Lipinski definition) is 4. The fourth-order valence-electron chi connectivity index (χ4n) is 4.59. The Labute approximate surface area is 207 Å². The number of rotatable bonds is 7. The van der Waals surface area contributed by atoms with Gasteiger partial charge in [-0.1, -0.05) is 36.8 Å². The number of hydrogen-bond donors (Lipinski definition) is 1. The maximum atomic E-state index is 12.7. The number of carbonyl (C=O) groups excluding carboxylic acids is 2. The summed E-state index contributed by atoms with van der Waals surface area (Å²) in [5.74, 6) is 0.437. The number of nitrogens with zero attached hydrogens (tertiary/aromatic N) is 1. The van der Waals surface area contributed by atoms with Crippen LogP contribution in [0.5, 0.6) is 5.75 Å². The summed E-state index contributed by atoms with van der Waals surface area (Å²) < 4.78 is 5.61. The number of nitrogens with one attached hydrogen (secondary N) is 1. The molecule has 0 atom stereocenters. The molecule has 5 rings (SSSR count). The zero-order valence-corrected chi connectivity index (χ0v) is 20.3. The van der Waals surface area contributed by atoms with Gasteiger partial charge in [0.2, 0.25) is 5.91 Å². The van der Waals surface area contributed by atoms with E-state index in [1.807, 2.05) is 61.5 Å². The summed E-state index contributed by atoms with van der Waals surface area (Å²) in [6.07, 6.45) is 5.83. The minimum atomic E-state index is -0.373. The molecule has 2 fully saturated rings.